The molecule has 2 N–H and O–H groups in total. The van der Waals surface area contributed by atoms with E-state index >= 15 is 0 Å². The van der Waals surface area contributed by atoms with Crippen molar-refractivity contribution in [3.8, 4) is 5.75 Å². The summed E-state index contributed by atoms with van der Waals surface area (Å²) >= 11 is 0. The van der Waals surface area contributed by atoms with Crippen LogP contribution in [-0.2, 0) is 4.79 Å². The normalized spacial score (nSPS) is 10.6. The van der Waals surface area contributed by atoms with Gasteiger partial charge in [-0.05, 0) is 19.1 Å². The molecule has 126 valence electrons. The predicted octanol–water partition coefficient (Wildman–Crippen LogP) is 4.46. The maximum absolute atomic E-state index is 12.2. The van der Waals surface area contributed by atoms with E-state index in [-0.39, 0.29) is 30.3 Å². The van der Waals surface area contributed by atoms with Crippen molar-refractivity contribution in [1.29, 1.82) is 0 Å². The molecule has 0 heterocycles. The number of rotatable bonds is 5. The van der Waals surface area contributed by atoms with E-state index in [1.54, 1.807) is 42.5 Å². The molecule has 0 bridgehead atoms. The van der Waals surface area contributed by atoms with E-state index in [9.17, 15) is 14.7 Å². The fourth-order valence-corrected chi connectivity index (χ4v) is 2.73. The molecule has 0 aliphatic carbocycles. The van der Waals surface area contributed by atoms with Crippen LogP contribution >= 0.6 is 0 Å². The van der Waals surface area contributed by atoms with Crippen LogP contribution < -0.4 is 5.32 Å². The summed E-state index contributed by atoms with van der Waals surface area (Å²) in [6, 6.07) is 17.8. The van der Waals surface area contributed by atoms with Gasteiger partial charge in [0.15, 0.2) is 5.78 Å². The van der Waals surface area contributed by atoms with Crippen LogP contribution in [0.5, 0.6) is 5.75 Å². The van der Waals surface area contributed by atoms with Gasteiger partial charge in [-0.3, -0.25) is 9.59 Å². The van der Waals surface area contributed by atoms with Crippen molar-refractivity contribution in [3.05, 3.63) is 71.8 Å². The van der Waals surface area contributed by atoms with Crippen molar-refractivity contribution >= 4 is 28.2 Å². The topological polar surface area (TPSA) is 66.4 Å². The highest BCUT2D eigenvalue weighted by Gasteiger charge is 2.11. The summed E-state index contributed by atoms with van der Waals surface area (Å²) in [6.07, 6.45) is 0.271. The number of fused-ring (bicyclic) bond motifs is 1. The van der Waals surface area contributed by atoms with E-state index in [0.717, 1.165) is 10.9 Å². The van der Waals surface area contributed by atoms with Gasteiger partial charge in [0.2, 0.25) is 5.91 Å². The molecule has 0 spiro atoms. The van der Waals surface area contributed by atoms with Crippen LogP contribution in [0.25, 0.3) is 10.8 Å². The fourth-order valence-electron chi connectivity index (χ4n) is 2.73. The fraction of sp³-hybridized carbons (Fsp3) is 0.143. The number of amides is 1. The Hall–Kier alpha value is -3.14. The van der Waals surface area contributed by atoms with Crippen LogP contribution in [0.15, 0.2) is 60.7 Å². The number of carbonyl (C=O) groups is 2. The molecule has 3 aromatic rings. The van der Waals surface area contributed by atoms with Gasteiger partial charge in [0.25, 0.3) is 0 Å². The summed E-state index contributed by atoms with van der Waals surface area (Å²) in [6.45, 7) is 1.96. The molecule has 0 aliphatic heterocycles. The molecular weight excluding hydrogens is 314 g/mol. The van der Waals surface area contributed by atoms with Crippen LogP contribution in [0.3, 0.4) is 0 Å². The van der Waals surface area contributed by atoms with Crippen molar-refractivity contribution in [2.45, 2.75) is 19.8 Å². The Kier molecular flexibility index (Phi) is 4.80. The lowest BCUT2D eigenvalue weighted by Crippen LogP contribution is -2.13. The lowest BCUT2D eigenvalue weighted by Gasteiger charge is -2.09. The maximum atomic E-state index is 12.2. The smallest absolute Gasteiger partial charge is 0.224 e. The van der Waals surface area contributed by atoms with Crippen molar-refractivity contribution in [2.24, 2.45) is 0 Å². The monoisotopic (exact) mass is 333 g/mol. The van der Waals surface area contributed by atoms with Crippen LogP contribution in [0.4, 0.5) is 5.69 Å². The standard InChI is InChI=1S/C21H19NO3/c1-14-8-10-15(11-9-14)19(23)12-13-21(25)22-18-6-2-5-17-16(18)4-3-7-20(17)24/h2-11,24H,12-13H2,1H3,(H,22,25). The molecule has 0 fully saturated rings. The first-order valence-electron chi connectivity index (χ1n) is 8.15. The molecule has 4 nitrogen and oxygen atoms in total. The van der Waals surface area contributed by atoms with E-state index in [1.165, 1.54) is 0 Å². The molecule has 0 saturated heterocycles. The summed E-state index contributed by atoms with van der Waals surface area (Å²) in [5.74, 6) is -0.106. The van der Waals surface area contributed by atoms with Gasteiger partial charge in [0.1, 0.15) is 5.75 Å². The third-order valence-electron chi connectivity index (χ3n) is 4.13. The first kappa shape index (κ1) is 16.7. The molecule has 0 aliphatic rings. The van der Waals surface area contributed by atoms with E-state index in [0.29, 0.717) is 16.6 Å². The second-order valence-corrected chi connectivity index (χ2v) is 6.02. The number of benzene rings is 3. The molecule has 1 amide bonds. The number of phenolic OH excluding ortho intramolecular Hbond substituents is 1. The van der Waals surface area contributed by atoms with Gasteiger partial charge in [-0.1, -0.05) is 54.1 Å². The lowest BCUT2D eigenvalue weighted by atomic mass is 10.0. The van der Waals surface area contributed by atoms with Gasteiger partial charge in [-0.15, -0.1) is 0 Å². The van der Waals surface area contributed by atoms with Crippen LogP contribution in [-0.4, -0.2) is 16.8 Å². The van der Waals surface area contributed by atoms with E-state index in [2.05, 4.69) is 5.32 Å². The minimum Gasteiger partial charge on any atom is -0.507 e. The van der Waals surface area contributed by atoms with Crippen molar-refractivity contribution in [3.63, 3.8) is 0 Å². The summed E-state index contributed by atoms with van der Waals surface area (Å²) in [5, 5.41) is 14.2. The Labute approximate surface area is 146 Å². The quantitative estimate of drug-likeness (QED) is 0.678. The molecule has 0 atom stereocenters. The van der Waals surface area contributed by atoms with E-state index < -0.39 is 0 Å². The molecular formula is C21H19NO3. The maximum Gasteiger partial charge on any atom is 0.224 e. The Balaban J connectivity index is 1.66. The molecule has 4 heteroatoms. The molecule has 25 heavy (non-hydrogen) atoms. The minimum absolute atomic E-state index is 0.0503. The number of hydrogen-bond donors (Lipinski definition) is 2. The molecule has 0 saturated carbocycles. The number of hydrogen-bond acceptors (Lipinski definition) is 3. The second kappa shape index (κ2) is 7.18. The number of nitrogens with one attached hydrogen (secondary N) is 1. The molecule has 0 aromatic heterocycles. The van der Waals surface area contributed by atoms with E-state index in [4.69, 9.17) is 0 Å². The van der Waals surface area contributed by atoms with Gasteiger partial charge >= 0.3 is 0 Å². The molecule has 3 rings (SSSR count). The Morgan fingerprint density at radius 1 is 0.880 bits per heavy atom. The first-order chi connectivity index (χ1) is 12.0. The summed E-state index contributed by atoms with van der Waals surface area (Å²) in [7, 11) is 0. The summed E-state index contributed by atoms with van der Waals surface area (Å²) in [5.41, 5.74) is 2.34. The summed E-state index contributed by atoms with van der Waals surface area (Å²) in [4.78, 5) is 24.4. The van der Waals surface area contributed by atoms with Gasteiger partial charge in [-0.2, -0.15) is 0 Å². The van der Waals surface area contributed by atoms with Crippen molar-refractivity contribution in [2.75, 3.05) is 5.32 Å². The van der Waals surface area contributed by atoms with E-state index in [1.807, 2.05) is 25.1 Å². The third kappa shape index (κ3) is 3.86. The van der Waals surface area contributed by atoms with Gasteiger partial charge in [-0.25, -0.2) is 0 Å². The Morgan fingerprint density at radius 3 is 2.32 bits per heavy atom. The highest BCUT2D eigenvalue weighted by Crippen LogP contribution is 2.29. The Bertz CT molecular complexity index is 930. The number of Topliss-reactive ketones (excluding diaryl/α,β-unsaturated/α-hetero) is 1. The average Bonchev–Trinajstić information content (AvgIpc) is 2.61. The number of phenols is 1. The highest BCUT2D eigenvalue weighted by atomic mass is 16.3. The molecule has 0 radical (unpaired) electrons. The Morgan fingerprint density at radius 2 is 1.56 bits per heavy atom. The average molecular weight is 333 g/mol. The van der Waals surface area contributed by atoms with Crippen molar-refractivity contribution in [1.82, 2.24) is 0 Å². The predicted molar refractivity (Wildman–Crippen MR) is 99.0 cm³/mol. The number of anilines is 1. The molecule has 0 unspecified atom stereocenters. The van der Waals surface area contributed by atoms with Gasteiger partial charge in [0, 0.05) is 34.9 Å². The van der Waals surface area contributed by atoms with Gasteiger partial charge < -0.3 is 10.4 Å². The van der Waals surface area contributed by atoms with Crippen LogP contribution in [0, 0.1) is 6.92 Å². The zero-order valence-corrected chi connectivity index (χ0v) is 14.0. The zero-order valence-electron chi connectivity index (χ0n) is 14.0. The first-order valence-corrected chi connectivity index (χ1v) is 8.15. The third-order valence-corrected chi connectivity index (χ3v) is 4.13. The highest BCUT2D eigenvalue weighted by molar-refractivity contribution is 6.05. The molecule has 3 aromatic carbocycles. The number of carbonyl (C=O) groups excluding carboxylic acids is 2. The lowest BCUT2D eigenvalue weighted by molar-refractivity contribution is -0.116. The van der Waals surface area contributed by atoms with Crippen LogP contribution in [0.2, 0.25) is 0 Å². The SMILES string of the molecule is Cc1ccc(C(=O)CCC(=O)Nc2cccc3c(O)cccc23)cc1. The van der Waals surface area contributed by atoms with Crippen LogP contribution in [0.1, 0.15) is 28.8 Å². The number of aryl methyl sites for hydroxylation is 1. The minimum atomic E-state index is -0.226. The largest absolute Gasteiger partial charge is 0.507 e. The zero-order chi connectivity index (χ0) is 17.8. The summed E-state index contributed by atoms with van der Waals surface area (Å²) < 4.78 is 0. The van der Waals surface area contributed by atoms with Crippen molar-refractivity contribution < 1.29 is 14.7 Å². The van der Waals surface area contributed by atoms with Gasteiger partial charge in [0.05, 0.1) is 0 Å². The number of ketones is 1. The second-order valence-electron chi connectivity index (χ2n) is 6.02. The number of aromatic hydroxyl groups is 1.